The summed E-state index contributed by atoms with van der Waals surface area (Å²) in [6, 6.07) is 4.97. The van der Waals surface area contributed by atoms with Gasteiger partial charge in [0, 0.05) is 0 Å². The lowest BCUT2D eigenvalue weighted by Gasteiger charge is -2.10. The molecule has 0 atom stereocenters. The Morgan fingerprint density at radius 3 is 2.80 bits per heavy atom. The second kappa shape index (κ2) is 3.59. The molecule has 0 N–H and O–H groups in total. The van der Waals surface area contributed by atoms with Crippen LogP contribution >= 0.6 is 0 Å². The molecule has 0 spiro atoms. The Bertz CT molecular complexity index is 431. The minimum absolute atomic E-state index is 0.188. The first kappa shape index (κ1) is 10.1. The van der Waals surface area contributed by atoms with E-state index >= 15 is 0 Å². The monoisotopic (exact) mass is 205 g/mol. The minimum atomic E-state index is -0.390. The van der Waals surface area contributed by atoms with Crippen molar-refractivity contribution in [2.75, 3.05) is 0 Å². The van der Waals surface area contributed by atoms with Crippen molar-refractivity contribution in [2.45, 2.75) is 31.7 Å². The van der Waals surface area contributed by atoms with Crippen LogP contribution in [0.5, 0.6) is 0 Å². The molecule has 0 amide bonds. The second-order valence-corrected chi connectivity index (χ2v) is 3.89. The van der Waals surface area contributed by atoms with E-state index in [4.69, 9.17) is 0 Å². The highest BCUT2D eigenvalue weighted by molar-refractivity contribution is 5.42. The Labute approximate surface area is 87.8 Å². The molecule has 0 saturated heterocycles. The first-order valence-electron chi connectivity index (χ1n) is 5.10. The van der Waals surface area contributed by atoms with E-state index in [1.54, 1.807) is 12.1 Å². The summed E-state index contributed by atoms with van der Waals surface area (Å²) in [4.78, 5) is 14.1. The number of hydrogen-bond acceptors (Lipinski definition) is 2. The quantitative estimate of drug-likeness (QED) is 0.551. The molecule has 2 nitrogen and oxygen atoms in total. The molecule has 0 radical (unpaired) electrons. The molecule has 2 rings (SSSR count). The van der Waals surface area contributed by atoms with Crippen molar-refractivity contribution in [3.05, 3.63) is 35.1 Å². The average molecular weight is 205 g/mol. The Hall–Kier alpha value is -1.47. The largest absolute Gasteiger partial charge is 0.235 e. The predicted molar refractivity (Wildman–Crippen MR) is 54.8 cm³/mol. The zero-order valence-electron chi connectivity index (χ0n) is 8.59. The summed E-state index contributed by atoms with van der Waals surface area (Å²) in [5.41, 5.74) is 1.23. The van der Waals surface area contributed by atoms with Crippen molar-refractivity contribution in [2.24, 2.45) is 4.99 Å². The van der Waals surface area contributed by atoms with Gasteiger partial charge >= 0.3 is 0 Å². The third-order valence-corrected chi connectivity index (χ3v) is 2.95. The van der Waals surface area contributed by atoms with Gasteiger partial charge in [-0.1, -0.05) is 19.1 Å². The number of isocyanates is 1. The van der Waals surface area contributed by atoms with Crippen LogP contribution in [0.2, 0.25) is 0 Å². The maximum atomic E-state index is 13.3. The maximum absolute atomic E-state index is 13.3. The van der Waals surface area contributed by atoms with Crippen molar-refractivity contribution in [3.63, 3.8) is 0 Å². The van der Waals surface area contributed by atoms with Gasteiger partial charge in [0.05, 0.1) is 5.54 Å². The van der Waals surface area contributed by atoms with Crippen molar-refractivity contribution in [3.8, 4) is 0 Å². The number of carbonyl (C=O) groups excluding carboxylic acids is 1. The van der Waals surface area contributed by atoms with Crippen LogP contribution in [-0.4, -0.2) is 6.08 Å². The zero-order chi connectivity index (χ0) is 10.9. The fraction of sp³-hybridized carbons (Fsp3) is 0.417. The number of rotatable bonds is 3. The summed E-state index contributed by atoms with van der Waals surface area (Å²) in [5, 5.41) is 0. The number of aryl methyl sites for hydroxylation is 1. The maximum Gasteiger partial charge on any atom is 0.235 e. The van der Waals surface area contributed by atoms with Crippen LogP contribution in [-0.2, 0) is 16.8 Å². The van der Waals surface area contributed by atoms with Gasteiger partial charge in [-0.2, -0.15) is 4.99 Å². The first-order valence-corrected chi connectivity index (χ1v) is 5.10. The Balaban J connectivity index is 2.41. The second-order valence-electron chi connectivity index (χ2n) is 3.89. The van der Waals surface area contributed by atoms with Gasteiger partial charge in [-0.15, -0.1) is 0 Å². The fourth-order valence-corrected chi connectivity index (χ4v) is 1.81. The number of hydrogen-bond donors (Lipinski definition) is 0. The van der Waals surface area contributed by atoms with Crippen molar-refractivity contribution in [1.82, 2.24) is 0 Å². The molecule has 1 aliphatic carbocycles. The molecule has 78 valence electrons. The van der Waals surface area contributed by atoms with E-state index in [1.807, 2.05) is 13.0 Å². The molecule has 0 heterocycles. The van der Waals surface area contributed by atoms with Crippen molar-refractivity contribution < 1.29 is 9.18 Å². The average Bonchev–Trinajstić information content (AvgIpc) is 3.00. The van der Waals surface area contributed by atoms with E-state index in [-0.39, 0.29) is 11.4 Å². The summed E-state index contributed by atoms with van der Waals surface area (Å²) in [7, 11) is 0. The Morgan fingerprint density at radius 2 is 2.27 bits per heavy atom. The topological polar surface area (TPSA) is 29.4 Å². The molecule has 1 saturated carbocycles. The van der Waals surface area contributed by atoms with E-state index < -0.39 is 0 Å². The lowest BCUT2D eigenvalue weighted by molar-refractivity contribution is 0.556. The molecule has 3 heteroatoms. The Morgan fingerprint density at radius 1 is 1.53 bits per heavy atom. The van der Waals surface area contributed by atoms with E-state index in [9.17, 15) is 9.18 Å². The molecular formula is C12H12FNO. The standard InChI is InChI=1S/C12H12FNO/c1-2-9-7-10(3-4-11(9)13)12(5-6-12)14-8-15/h3-4,7H,2,5-6H2,1H3. The highest BCUT2D eigenvalue weighted by Gasteiger charge is 2.44. The van der Waals surface area contributed by atoms with Crippen molar-refractivity contribution in [1.29, 1.82) is 0 Å². The van der Waals surface area contributed by atoms with E-state index in [2.05, 4.69) is 4.99 Å². The zero-order valence-corrected chi connectivity index (χ0v) is 8.59. The summed E-state index contributed by atoms with van der Waals surface area (Å²) in [6.07, 6.45) is 3.97. The van der Waals surface area contributed by atoms with Crippen LogP contribution in [0.1, 0.15) is 30.9 Å². The smallest absolute Gasteiger partial charge is 0.211 e. The number of aliphatic imine (C=N–C) groups is 1. The number of halogens is 1. The summed E-state index contributed by atoms with van der Waals surface area (Å²) < 4.78 is 13.3. The Kier molecular flexibility index (Phi) is 2.41. The molecule has 1 fully saturated rings. The summed E-state index contributed by atoms with van der Waals surface area (Å²) >= 11 is 0. The first-order chi connectivity index (χ1) is 7.22. The van der Waals surface area contributed by atoms with Gasteiger partial charge in [0.25, 0.3) is 0 Å². The van der Waals surface area contributed by atoms with Crippen LogP contribution in [0.3, 0.4) is 0 Å². The SMILES string of the molecule is CCc1cc(C2(N=C=O)CC2)ccc1F. The van der Waals surface area contributed by atoms with Gasteiger partial charge in [-0.25, -0.2) is 9.18 Å². The van der Waals surface area contributed by atoms with Gasteiger partial charge < -0.3 is 0 Å². The van der Waals surface area contributed by atoms with Gasteiger partial charge in [-0.3, -0.25) is 0 Å². The minimum Gasteiger partial charge on any atom is -0.211 e. The van der Waals surface area contributed by atoms with Gasteiger partial charge in [0.15, 0.2) is 0 Å². The molecule has 1 aliphatic rings. The molecule has 15 heavy (non-hydrogen) atoms. The van der Waals surface area contributed by atoms with E-state index in [0.29, 0.717) is 12.0 Å². The predicted octanol–water partition coefficient (Wildman–Crippen LogP) is 2.71. The van der Waals surface area contributed by atoms with E-state index in [0.717, 1.165) is 18.4 Å². The van der Waals surface area contributed by atoms with Gasteiger partial charge in [0.2, 0.25) is 6.08 Å². The van der Waals surface area contributed by atoms with Crippen LogP contribution in [0.15, 0.2) is 23.2 Å². The third-order valence-electron chi connectivity index (χ3n) is 2.95. The molecule has 1 aromatic carbocycles. The summed E-state index contributed by atoms with van der Waals surface area (Å²) in [5.74, 6) is -0.188. The van der Waals surface area contributed by atoms with E-state index in [1.165, 1.54) is 6.07 Å². The van der Waals surface area contributed by atoms with Gasteiger partial charge in [0.1, 0.15) is 5.82 Å². The van der Waals surface area contributed by atoms with Crippen molar-refractivity contribution >= 4 is 6.08 Å². The highest BCUT2D eigenvalue weighted by Crippen LogP contribution is 2.49. The molecule has 1 aromatic rings. The fourth-order valence-electron chi connectivity index (χ4n) is 1.81. The van der Waals surface area contributed by atoms with Gasteiger partial charge in [-0.05, 0) is 36.5 Å². The highest BCUT2D eigenvalue weighted by atomic mass is 19.1. The van der Waals surface area contributed by atoms with Crippen LogP contribution < -0.4 is 0 Å². The van der Waals surface area contributed by atoms with Crippen LogP contribution in [0.25, 0.3) is 0 Å². The summed E-state index contributed by atoms with van der Waals surface area (Å²) in [6.45, 7) is 1.91. The number of benzene rings is 1. The molecule has 0 aliphatic heterocycles. The van der Waals surface area contributed by atoms with Crippen LogP contribution in [0.4, 0.5) is 4.39 Å². The number of nitrogens with zero attached hydrogens (tertiary/aromatic N) is 1. The normalized spacial score (nSPS) is 16.9. The molecule has 0 bridgehead atoms. The van der Waals surface area contributed by atoms with Crippen LogP contribution in [0, 0.1) is 5.82 Å². The molecule has 0 aromatic heterocycles. The third kappa shape index (κ3) is 1.71. The molecule has 0 unspecified atom stereocenters. The lowest BCUT2D eigenvalue weighted by atomic mass is 10.0. The lowest BCUT2D eigenvalue weighted by Crippen LogP contribution is -2.03. The molecular weight excluding hydrogens is 193 g/mol.